The van der Waals surface area contributed by atoms with E-state index in [0.717, 1.165) is 17.5 Å². The Bertz CT molecular complexity index is 904. The quantitative estimate of drug-likeness (QED) is 0.694. The fourth-order valence-electron chi connectivity index (χ4n) is 2.44. The van der Waals surface area contributed by atoms with Crippen LogP contribution in [0.4, 0.5) is 5.82 Å². The van der Waals surface area contributed by atoms with E-state index in [2.05, 4.69) is 10.1 Å². The minimum atomic E-state index is -0.401. The summed E-state index contributed by atoms with van der Waals surface area (Å²) in [5.41, 5.74) is 7.41. The van der Waals surface area contributed by atoms with Crippen molar-refractivity contribution in [2.24, 2.45) is 0 Å². The van der Waals surface area contributed by atoms with E-state index < -0.39 is 5.97 Å². The van der Waals surface area contributed by atoms with Crippen LogP contribution in [0.5, 0.6) is 5.75 Å². The highest BCUT2D eigenvalue weighted by Crippen LogP contribution is 2.25. The van der Waals surface area contributed by atoms with Crippen LogP contribution in [0.3, 0.4) is 0 Å². The molecule has 0 unspecified atom stereocenters. The van der Waals surface area contributed by atoms with Crippen molar-refractivity contribution in [2.75, 3.05) is 18.9 Å². The third kappa shape index (κ3) is 3.71. The number of nitrogen functional groups attached to an aromatic ring is 1. The van der Waals surface area contributed by atoms with Gasteiger partial charge in [0.05, 0.1) is 12.3 Å². The number of fused-ring (bicyclic) bond motifs is 1. The van der Waals surface area contributed by atoms with Gasteiger partial charge in [-0.15, -0.1) is 0 Å². The number of rotatable bonds is 6. The molecule has 2 heterocycles. The first kappa shape index (κ1) is 16.8. The fraction of sp³-hybridized carbons (Fsp3) is 0.278. The highest BCUT2D eigenvalue weighted by atomic mass is 16.6. The van der Waals surface area contributed by atoms with Crippen LogP contribution in [-0.2, 0) is 9.53 Å². The van der Waals surface area contributed by atoms with E-state index in [9.17, 15) is 4.79 Å². The summed E-state index contributed by atoms with van der Waals surface area (Å²) in [5, 5.41) is 5.23. The van der Waals surface area contributed by atoms with Crippen molar-refractivity contribution in [3.8, 4) is 11.6 Å². The van der Waals surface area contributed by atoms with Crippen molar-refractivity contribution >= 4 is 22.7 Å². The van der Waals surface area contributed by atoms with Gasteiger partial charge in [-0.25, -0.2) is 9.78 Å². The Morgan fingerprint density at radius 2 is 2.12 bits per heavy atom. The van der Waals surface area contributed by atoms with Crippen LogP contribution in [-0.4, -0.2) is 33.9 Å². The molecular weight excluding hydrogens is 320 g/mol. The van der Waals surface area contributed by atoms with Gasteiger partial charge in [0, 0.05) is 11.5 Å². The van der Waals surface area contributed by atoms with Crippen LogP contribution in [0.25, 0.3) is 16.7 Å². The summed E-state index contributed by atoms with van der Waals surface area (Å²) in [6, 6.07) is 11.1. The van der Waals surface area contributed by atoms with Crippen molar-refractivity contribution in [3.05, 3.63) is 42.1 Å². The molecule has 0 atom stereocenters. The first-order valence-electron chi connectivity index (χ1n) is 8.09. The van der Waals surface area contributed by atoms with Gasteiger partial charge in [-0.05, 0) is 31.5 Å². The Balaban J connectivity index is 1.90. The van der Waals surface area contributed by atoms with Crippen LogP contribution in [0, 0.1) is 6.92 Å². The smallest absolute Gasteiger partial charge is 0.344 e. The maximum Gasteiger partial charge on any atom is 0.344 e. The topological polar surface area (TPSA) is 92.3 Å². The monoisotopic (exact) mass is 340 g/mol. The van der Waals surface area contributed by atoms with E-state index in [1.165, 1.54) is 0 Å². The van der Waals surface area contributed by atoms with Gasteiger partial charge in [0.1, 0.15) is 17.1 Å². The molecule has 7 heteroatoms. The lowest BCUT2D eigenvalue weighted by atomic mass is 10.2. The van der Waals surface area contributed by atoms with Gasteiger partial charge in [0.25, 0.3) is 0 Å². The maximum atomic E-state index is 11.6. The molecule has 25 heavy (non-hydrogen) atoms. The molecule has 7 nitrogen and oxygen atoms in total. The van der Waals surface area contributed by atoms with Crippen LogP contribution < -0.4 is 10.5 Å². The number of aromatic nitrogens is 3. The zero-order valence-corrected chi connectivity index (χ0v) is 14.2. The van der Waals surface area contributed by atoms with Crippen LogP contribution in [0.2, 0.25) is 0 Å². The molecule has 0 bridgehead atoms. The van der Waals surface area contributed by atoms with E-state index in [1.54, 1.807) is 16.8 Å². The summed E-state index contributed by atoms with van der Waals surface area (Å²) in [6.07, 6.45) is 0.773. The molecule has 3 rings (SSSR count). The molecule has 2 N–H and O–H groups in total. The second kappa shape index (κ2) is 7.21. The highest BCUT2D eigenvalue weighted by Gasteiger charge is 2.11. The predicted octanol–water partition coefficient (Wildman–Crippen LogP) is 2.64. The second-order valence-corrected chi connectivity index (χ2v) is 5.63. The molecule has 130 valence electrons. The summed E-state index contributed by atoms with van der Waals surface area (Å²) < 4.78 is 12.2. The summed E-state index contributed by atoms with van der Waals surface area (Å²) in [6.45, 7) is 4.03. The first-order chi connectivity index (χ1) is 12.1. The van der Waals surface area contributed by atoms with Crippen LogP contribution in [0.15, 0.2) is 36.4 Å². The molecular formula is C18H20N4O3. The summed E-state index contributed by atoms with van der Waals surface area (Å²) in [4.78, 5) is 16.3. The SMILES string of the molecule is CCCOC(=O)COc1cccc2ccc(-n3nc(C)cc3N)nc12. The van der Waals surface area contributed by atoms with Gasteiger partial charge in [0.15, 0.2) is 12.4 Å². The number of para-hydroxylation sites is 1. The average molecular weight is 340 g/mol. The first-order valence-corrected chi connectivity index (χ1v) is 8.09. The lowest BCUT2D eigenvalue weighted by Gasteiger charge is -2.10. The molecule has 0 aliphatic heterocycles. The number of pyridine rings is 1. The normalized spacial score (nSPS) is 10.8. The van der Waals surface area contributed by atoms with Gasteiger partial charge in [-0.2, -0.15) is 9.78 Å². The molecule has 0 amide bonds. The molecule has 0 saturated carbocycles. The van der Waals surface area contributed by atoms with E-state index in [-0.39, 0.29) is 6.61 Å². The minimum Gasteiger partial charge on any atom is -0.480 e. The molecule has 0 radical (unpaired) electrons. The number of hydrogen-bond acceptors (Lipinski definition) is 6. The van der Waals surface area contributed by atoms with Gasteiger partial charge in [0.2, 0.25) is 0 Å². The lowest BCUT2D eigenvalue weighted by Crippen LogP contribution is -2.15. The molecule has 0 fully saturated rings. The standard InChI is InChI=1S/C18H20N4O3/c1-3-9-24-17(23)11-25-14-6-4-5-13-7-8-16(20-18(13)14)22-15(19)10-12(2)21-22/h4-8,10H,3,9,11,19H2,1-2H3. The van der Waals surface area contributed by atoms with Crippen LogP contribution in [0.1, 0.15) is 19.0 Å². The summed E-state index contributed by atoms with van der Waals surface area (Å²) >= 11 is 0. The Morgan fingerprint density at radius 3 is 2.84 bits per heavy atom. The largest absolute Gasteiger partial charge is 0.480 e. The van der Waals surface area contributed by atoms with Gasteiger partial charge in [-0.1, -0.05) is 19.1 Å². The second-order valence-electron chi connectivity index (χ2n) is 5.63. The van der Waals surface area contributed by atoms with Crippen molar-refractivity contribution in [1.29, 1.82) is 0 Å². The molecule has 0 aliphatic rings. The van der Waals surface area contributed by atoms with Crippen molar-refractivity contribution in [3.63, 3.8) is 0 Å². The zero-order valence-electron chi connectivity index (χ0n) is 14.2. The van der Waals surface area contributed by atoms with E-state index in [4.69, 9.17) is 15.2 Å². The Labute approximate surface area is 145 Å². The van der Waals surface area contributed by atoms with E-state index >= 15 is 0 Å². The molecule has 1 aromatic carbocycles. The lowest BCUT2D eigenvalue weighted by molar-refractivity contribution is -0.145. The van der Waals surface area contributed by atoms with Crippen molar-refractivity contribution in [2.45, 2.75) is 20.3 Å². The predicted molar refractivity (Wildman–Crippen MR) is 94.8 cm³/mol. The number of carbonyl (C=O) groups is 1. The highest BCUT2D eigenvalue weighted by molar-refractivity contribution is 5.85. The Kier molecular flexibility index (Phi) is 4.83. The van der Waals surface area contributed by atoms with Crippen LogP contribution >= 0.6 is 0 Å². The number of esters is 1. The summed E-state index contributed by atoms with van der Waals surface area (Å²) in [5.74, 6) is 1.20. The molecule has 3 aromatic rings. The number of benzene rings is 1. The molecule has 0 saturated heterocycles. The third-order valence-electron chi connectivity index (χ3n) is 3.56. The van der Waals surface area contributed by atoms with Crippen molar-refractivity contribution in [1.82, 2.24) is 14.8 Å². The van der Waals surface area contributed by atoms with Gasteiger partial charge in [-0.3, -0.25) is 0 Å². The molecule has 0 aliphatic carbocycles. The Morgan fingerprint density at radius 1 is 1.28 bits per heavy atom. The minimum absolute atomic E-state index is 0.159. The van der Waals surface area contributed by atoms with E-state index in [1.807, 2.05) is 38.1 Å². The van der Waals surface area contributed by atoms with Gasteiger partial charge >= 0.3 is 5.97 Å². The number of nitrogens with two attached hydrogens (primary N) is 1. The number of carbonyl (C=O) groups excluding carboxylic acids is 1. The number of nitrogens with zero attached hydrogens (tertiary/aromatic N) is 3. The van der Waals surface area contributed by atoms with E-state index in [0.29, 0.717) is 29.5 Å². The number of ether oxygens (including phenoxy) is 2. The maximum absolute atomic E-state index is 11.6. The third-order valence-corrected chi connectivity index (χ3v) is 3.56. The number of aryl methyl sites for hydroxylation is 1. The Hall–Kier alpha value is -3.09. The number of hydrogen-bond donors (Lipinski definition) is 1. The van der Waals surface area contributed by atoms with Crippen molar-refractivity contribution < 1.29 is 14.3 Å². The fourth-order valence-corrected chi connectivity index (χ4v) is 2.44. The number of anilines is 1. The average Bonchev–Trinajstić information content (AvgIpc) is 2.95. The summed E-state index contributed by atoms with van der Waals surface area (Å²) in [7, 11) is 0. The zero-order chi connectivity index (χ0) is 17.8. The molecule has 2 aromatic heterocycles. The van der Waals surface area contributed by atoms with Gasteiger partial charge < -0.3 is 15.2 Å². The molecule has 0 spiro atoms.